The molecule has 0 saturated heterocycles. The van der Waals surface area contributed by atoms with Gasteiger partial charge in [0.25, 0.3) is 0 Å². The van der Waals surface area contributed by atoms with Gasteiger partial charge in [-0.3, -0.25) is 0 Å². The molecule has 0 heterocycles. The van der Waals surface area contributed by atoms with Crippen LogP contribution in [0.1, 0.15) is 18.1 Å². The Morgan fingerprint density at radius 3 is 2.20 bits per heavy atom. The summed E-state index contributed by atoms with van der Waals surface area (Å²) in [5, 5.41) is 5.04. The number of anilines is 1. The van der Waals surface area contributed by atoms with Crippen molar-refractivity contribution in [1.29, 1.82) is 0 Å². The van der Waals surface area contributed by atoms with Crippen LogP contribution in [0.4, 0.5) is 5.69 Å². The normalized spacial score (nSPS) is 10.6. The van der Waals surface area contributed by atoms with Crippen LogP contribution < -0.4 is 19.5 Å². The molecule has 0 atom stereocenters. The fourth-order valence-electron chi connectivity index (χ4n) is 2.85. The van der Waals surface area contributed by atoms with Gasteiger partial charge in [-0.2, -0.15) is 0 Å². The van der Waals surface area contributed by atoms with Crippen molar-refractivity contribution in [3.05, 3.63) is 80.8 Å². The molecule has 0 fully saturated rings. The molecule has 0 bridgehead atoms. The van der Waals surface area contributed by atoms with Crippen molar-refractivity contribution in [3.8, 4) is 17.2 Å². The lowest BCUT2D eigenvalue weighted by atomic mass is 10.2. The van der Waals surface area contributed by atoms with Crippen LogP contribution in [0.3, 0.4) is 0 Å². The summed E-state index contributed by atoms with van der Waals surface area (Å²) in [6.45, 7) is 3.30. The van der Waals surface area contributed by atoms with E-state index in [1.807, 2.05) is 43.3 Å². The average molecular weight is 467 g/mol. The van der Waals surface area contributed by atoms with Crippen molar-refractivity contribution in [1.82, 2.24) is 0 Å². The van der Waals surface area contributed by atoms with E-state index < -0.39 is 0 Å². The quantitative estimate of drug-likeness (QED) is 0.360. The van der Waals surface area contributed by atoms with Crippen LogP contribution in [0.5, 0.6) is 17.2 Å². The maximum Gasteiger partial charge on any atom is 0.161 e. The van der Waals surface area contributed by atoms with Gasteiger partial charge in [-0.05, 0) is 55.0 Å². The van der Waals surface area contributed by atoms with Gasteiger partial charge in [0.2, 0.25) is 0 Å². The first-order valence-corrected chi connectivity index (χ1v) is 10.5. The Hall–Kier alpha value is -2.27. The molecule has 3 aromatic rings. The minimum absolute atomic E-state index is 0.251. The largest absolute Gasteiger partial charge is 0.495 e. The third-order valence-corrected chi connectivity index (χ3v) is 5.39. The van der Waals surface area contributed by atoms with Crippen molar-refractivity contribution in [2.45, 2.75) is 20.1 Å². The Balaban J connectivity index is 1.70. The highest BCUT2D eigenvalue weighted by molar-refractivity contribution is 6.36. The smallest absolute Gasteiger partial charge is 0.161 e. The van der Waals surface area contributed by atoms with E-state index >= 15 is 0 Å². The van der Waals surface area contributed by atoms with Crippen molar-refractivity contribution < 1.29 is 14.2 Å². The van der Waals surface area contributed by atoms with Gasteiger partial charge in [0.15, 0.2) is 11.5 Å². The molecule has 0 radical (unpaired) electrons. The number of hydrogen-bond acceptors (Lipinski definition) is 4. The third-order valence-electron chi connectivity index (χ3n) is 4.39. The van der Waals surface area contributed by atoms with Crippen molar-refractivity contribution >= 4 is 40.5 Å². The maximum absolute atomic E-state index is 6.23. The summed E-state index contributed by atoms with van der Waals surface area (Å²) < 4.78 is 16.9. The van der Waals surface area contributed by atoms with Crippen LogP contribution in [-0.2, 0) is 13.2 Å². The lowest BCUT2D eigenvalue weighted by Gasteiger charge is -2.15. The van der Waals surface area contributed by atoms with Gasteiger partial charge in [-0.15, -0.1) is 0 Å². The van der Waals surface area contributed by atoms with Crippen LogP contribution in [-0.4, -0.2) is 13.7 Å². The summed E-state index contributed by atoms with van der Waals surface area (Å²) in [6, 6.07) is 16.8. The molecule has 0 aliphatic heterocycles. The number of benzene rings is 3. The number of hydrogen-bond donors (Lipinski definition) is 1. The fourth-order valence-corrected chi connectivity index (χ4v) is 3.61. The second-order valence-electron chi connectivity index (χ2n) is 6.41. The Morgan fingerprint density at radius 2 is 1.53 bits per heavy atom. The summed E-state index contributed by atoms with van der Waals surface area (Å²) in [5.74, 6) is 1.93. The number of nitrogens with one attached hydrogen (secondary N) is 1. The topological polar surface area (TPSA) is 39.7 Å². The summed E-state index contributed by atoms with van der Waals surface area (Å²) >= 11 is 18.6. The number of ether oxygens (including phenoxy) is 3. The zero-order valence-electron chi connectivity index (χ0n) is 16.7. The van der Waals surface area contributed by atoms with E-state index in [1.54, 1.807) is 25.3 Å². The SMILES string of the molecule is CCOc1cc(CNc2ccc(OC)c(Cl)c2)ccc1OCc1c(Cl)cccc1Cl. The molecule has 7 heteroatoms. The Bertz CT molecular complexity index is 991. The highest BCUT2D eigenvalue weighted by atomic mass is 35.5. The van der Waals surface area contributed by atoms with E-state index in [2.05, 4.69) is 5.32 Å². The Labute approximate surface area is 191 Å². The standard InChI is InChI=1S/C23H22Cl3NO3/c1-3-29-23-11-15(13-27-16-8-10-21(28-2)20(26)12-16)7-9-22(23)30-14-17-18(24)5-4-6-19(17)25/h4-12,27H,3,13-14H2,1-2H3. The highest BCUT2D eigenvalue weighted by Gasteiger charge is 2.11. The minimum Gasteiger partial charge on any atom is -0.495 e. The molecule has 1 N–H and O–H groups in total. The lowest BCUT2D eigenvalue weighted by molar-refractivity contribution is 0.269. The number of rotatable bonds is 9. The number of halogens is 3. The zero-order valence-corrected chi connectivity index (χ0v) is 18.9. The summed E-state index contributed by atoms with van der Waals surface area (Å²) in [7, 11) is 1.59. The van der Waals surface area contributed by atoms with Crippen LogP contribution in [0, 0.1) is 0 Å². The van der Waals surface area contributed by atoms with E-state index in [1.165, 1.54) is 0 Å². The van der Waals surface area contributed by atoms with Gasteiger partial charge >= 0.3 is 0 Å². The van der Waals surface area contributed by atoms with Gasteiger partial charge < -0.3 is 19.5 Å². The van der Waals surface area contributed by atoms with Crippen LogP contribution in [0.2, 0.25) is 15.1 Å². The Morgan fingerprint density at radius 1 is 0.800 bits per heavy atom. The summed E-state index contributed by atoms with van der Waals surface area (Å²) in [5.41, 5.74) is 2.67. The lowest BCUT2D eigenvalue weighted by Crippen LogP contribution is -2.03. The van der Waals surface area contributed by atoms with E-state index in [9.17, 15) is 0 Å². The molecule has 0 saturated carbocycles. The maximum atomic E-state index is 6.23. The third kappa shape index (κ3) is 5.66. The van der Waals surface area contributed by atoms with E-state index in [-0.39, 0.29) is 6.61 Å². The molecule has 0 unspecified atom stereocenters. The molecule has 3 rings (SSSR count). The molecule has 0 spiro atoms. The molecule has 0 aromatic heterocycles. The first-order valence-electron chi connectivity index (χ1n) is 9.40. The molecule has 30 heavy (non-hydrogen) atoms. The second-order valence-corrected chi connectivity index (χ2v) is 7.63. The summed E-state index contributed by atoms with van der Waals surface area (Å²) in [6.07, 6.45) is 0. The predicted octanol–water partition coefficient (Wildman–Crippen LogP) is 7.25. The molecule has 0 aliphatic carbocycles. The number of methoxy groups -OCH3 is 1. The van der Waals surface area contributed by atoms with Gasteiger partial charge in [0.05, 0.1) is 18.7 Å². The first kappa shape index (κ1) is 22.4. The van der Waals surface area contributed by atoms with Crippen LogP contribution in [0.15, 0.2) is 54.6 Å². The van der Waals surface area contributed by atoms with Crippen LogP contribution >= 0.6 is 34.8 Å². The van der Waals surface area contributed by atoms with E-state index in [0.29, 0.717) is 45.5 Å². The van der Waals surface area contributed by atoms with Crippen molar-refractivity contribution in [2.24, 2.45) is 0 Å². The molecule has 158 valence electrons. The molecular weight excluding hydrogens is 445 g/mol. The monoisotopic (exact) mass is 465 g/mol. The first-order chi connectivity index (χ1) is 14.5. The second kappa shape index (κ2) is 10.7. The molecule has 0 amide bonds. The molecule has 4 nitrogen and oxygen atoms in total. The molecule has 3 aromatic carbocycles. The van der Waals surface area contributed by atoms with Crippen molar-refractivity contribution in [3.63, 3.8) is 0 Å². The summed E-state index contributed by atoms with van der Waals surface area (Å²) in [4.78, 5) is 0. The van der Waals surface area contributed by atoms with E-state index in [0.717, 1.165) is 16.8 Å². The minimum atomic E-state index is 0.251. The highest BCUT2D eigenvalue weighted by Crippen LogP contribution is 2.32. The zero-order chi connectivity index (χ0) is 21.5. The van der Waals surface area contributed by atoms with Gasteiger partial charge in [-0.1, -0.05) is 46.9 Å². The average Bonchev–Trinajstić information content (AvgIpc) is 2.73. The van der Waals surface area contributed by atoms with Gasteiger partial charge in [0, 0.05) is 27.8 Å². The molecule has 0 aliphatic rings. The van der Waals surface area contributed by atoms with E-state index in [4.69, 9.17) is 49.0 Å². The van der Waals surface area contributed by atoms with Gasteiger partial charge in [0.1, 0.15) is 12.4 Å². The Kier molecular flexibility index (Phi) is 7.97. The predicted molar refractivity (Wildman–Crippen MR) is 124 cm³/mol. The van der Waals surface area contributed by atoms with Crippen LogP contribution in [0.25, 0.3) is 0 Å². The van der Waals surface area contributed by atoms with Crippen molar-refractivity contribution in [2.75, 3.05) is 19.0 Å². The molecular formula is C23H22Cl3NO3. The fraction of sp³-hybridized carbons (Fsp3) is 0.217. The van der Waals surface area contributed by atoms with Gasteiger partial charge in [-0.25, -0.2) is 0 Å².